The van der Waals surface area contributed by atoms with Gasteiger partial charge in [-0.3, -0.25) is 9.59 Å². The number of nitrogens with zero attached hydrogens (tertiary/aromatic N) is 2. The molecule has 0 bridgehead atoms. The Kier molecular flexibility index (Phi) is 8.95. The van der Waals surface area contributed by atoms with E-state index in [0.29, 0.717) is 53.5 Å². The third-order valence-corrected chi connectivity index (χ3v) is 7.72. The van der Waals surface area contributed by atoms with Crippen molar-refractivity contribution in [2.75, 3.05) is 26.2 Å². The fourth-order valence-electron chi connectivity index (χ4n) is 4.11. The molecular weight excluding hydrogens is 533 g/mol. The lowest BCUT2D eigenvalue weighted by Crippen LogP contribution is -2.51. The minimum Gasteiger partial charge on any atom is -0.490 e. The maximum absolute atomic E-state index is 13.2. The zero-order valence-electron chi connectivity index (χ0n) is 20.7. The molecule has 3 aromatic rings. The predicted molar refractivity (Wildman–Crippen MR) is 146 cm³/mol. The Hall–Kier alpha value is -2.81. The fraction of sp³-hybridized carbons (Fsp3) is 0.370. The van der Waals surface area contributed by atoms with Crippen LogP contribution in [0.2, 0.25) is 10.0 Å². The molecule has 1 saturated heterocycles. The highest BCUT2D eigenvalue weighted by atomic mass is 35.5. The van der Waals surface area contributed by atoms with E-state index in [9.17, 15) is 9.59 Å². The van der Waals surface area contributed by atoms with Crippen LogP contribution in [-0.2, 0) is 4.79 Å². The van der Waals surface area contributed by atoms with Gasteiger partial charge in [0.1, 0.15) is 23.8 Å². The van der Waals surface area contributed by atoms with Gasteiger partial charge in [0, 0.05) is 24.4 Å². The average molecular weight is 563 g/mol. The summed E-state index contributed by atoms with van der Waals surface area (Å²) >= 11 is 13.8. The van der Waals surface area contributed by atoms with Crippen LogP contribution in [0.4, 0.5) is 0 Å². The average Bonchev–Trinajstić information content (AvgIpc) is 3.39. The molecule has 1 aliphatic rings. The SMILES string of the molecule is CC(C)(Oc1ccccc1Cl)C(=O)N1CCC(c2nc(C(=O)NCCOc3ccccc3Cl)cs2)CC1. The molecule has 1 aromatic heterocycles. The van der Waals surface area contributed by atoms with Gasteiger partial charge in [-0.2, -0.15) is 0 Å². The summed E-state index contributed by atoms with van der Waals surface area (Å²) in [5.41, 5.74) is -0.648. The Morgan fingerprint density at radius 1 is 1.05 bits per heavy atom. The molecule has 2 heterocycles. The summed E-state index contributed by atoms with van der Waals surface area (Å²) in [6.45, 7) is 5.35. The van der Waals surface area contributed by atoms with E-state index in [0.717, 1.165) is 17.8 Å². The first-order valence-electron chi connectivity index (χ1n) is 12.1. The number of halogens is 2. The molecule has 0 unspecified atom stereocenters. The van der Waals surface area contributed by atoms with Crippen molar-refractivity contribution < 1.29 is 19.1 Å². The number of hydrogen-bond acceptors (Lipinski definition) is 6. The molecule has 0 radical (unpaired) electrons. The molecular formula is C27H29Cl2N3O4S. The van der Waals surface area contributed by atoms with Gasteiger partial charge in [-0.05, 0) is 51.0 Å². The molecule has 1 aliphatic heterocycles. The van der Waals surface area contributed by atoms with E-state index in [1.54, 1.807) is 43.5 Å². The number of benzene rings is 2. The van der Waals surface area contributed by atoms with Crippen molar-refractivity contribution >= 4 is 46.4 Å². The van der Waals surface area contributed by atoms with Gasteiger partial charge in [0.2, 0.25) is 0 Å². The molecule has 0 spiro atoms. The molecule has 196 valence electrons. The molecule has 1 N–H and O–H groups in total. The Morgan fingerprint density at radius 2 is 1.68 bits per heavy atom. The first kappa shape index (κ1) is 27.2. The molecule has 2 aromatic carbocycles. The molecule has 0 saturated carbocycles. The number of likely N-dealkylation sites (tertiary alicyclic amines) is 1. The zero-order chi connectivity index (χ0) is 26.4. The second-order valence-electron chi connectivity index (χ2n) is 9.22. The highest BCUT2D eigenvalue weighted by Gasteiger charge is 2.37. The Balaban J connectivity index is 1.24. The molecule has 2 amide bonds. The zero-order valence-corrected chi connectivity index (χ0v) is 23.0. The number of piperidine rings is 1. The van der Waals surface area contributed by atoms with E-state index in [-0.39, 0.29) is 17.7 Å². The summed E-state index contributed by atoms with van der Waals surface area (Å²) in [5.74, 6) is 0.951. The first-order valence-corrected chi connectivity index (χ1v) is 13.7. The van der Waals surface area contributed by atoms with Crippen molar-refractivity contribution in [1.82, 2.24) is 15.2 Å². The molecule has 37 heavy (non-hydrogen) atoms. The van der Waals surface area contributed by atoms with Gasteiger partial charge in [0.05, 0.1) is 21.6 Å². The maximum atomic E-state index is 13.2. The van der Waals surface area contributed by atoms with Gasteiger partial charge >= 0.3 is 0 Å². The number of ether oxygens (including phenoxy) is 2. The van der Waals surface area contributed by atoms with Gasteiger partial charge in [-0.25, -0.2) is 4.98 Å². The standard InChI is InChI=1S/C27H29Cl2N3O4S/c1-27(2,36-23-10-6-4-8-20(23)29)26(34)32-14-11-18(12-15-32)25-31-21(17-37-25)24(33)30-13-16-35-22-9-5-3-7-19(22)28/h3-10,17-18H,11-16H2,1-2H3,(H,30,33). The summed E-state index contributed by atoms with van der Waals surface area (Å²) < 4.78 is 11.6. The number of carbonyl (C=O) groups excluding carboxylic acids is 2. The second-order valence-corrected chi connectivity index (χ2v) is 10.9. The van der Waals surface area contributed by atoms with Gasteiger partial charge < -0.3 is 19.7 Å². The van der Waals surface area contributed by atoms with Crippen molar-refractivity contribution in [2.24, 2.45) is 0 Å². The Labute approximate surface area is 230 Å². The molecule has 0 aliphatic carbocycles. The molecule has 10 heteroatoms. The van der Waals surface area contributed by atoms with Crippen LogP contribution in [-0.4, -0.2) is 53.5 Å². The number of amides is 2. The lowest BCUT2D eigenvalue weighted by molar-refractivity contribution is -0.146. The van der Waals surface area contributed by atoms with Gasteiger partial charge in [0.25, 0.3) is 11.8 Å². The Bertz CT molecular complexity index is 1240. The van der Waals surface area contributed by atoms with Crippen LogP contribution in [0.1, 0.15) is 48.1 Å². The van der Waals surface area contributed by atoms with Crippen LogP contribution in [0.15, 0.2) is 53.9 Å². The van der Waals surface area contributed by atoms with E-state index < -0.39 is 5.60 Å². The van der Waals surface area contributed by atoms with E-state index in [1.165, 1.54) is 11.3 Å². The molecule has 7 nitrogen and oxygen atoms in total. The minimum atomic E-state index is -1.04. The smallest absolute Gasteiger partial charge is 0.270 e. The second kappa shape index (κ2) is 12.2. The van der Waals surface area contributed by atoms with Crippen LogP contribution in [0.3, 0.4) is 0 Å². The number of rotatable bonds is 9. The number of carbonyl (C=O) groups is 2. The van der Waals surface area contributed by atoms with Gasteiger partial charge in [-0.1, -0.05) is 47.5 Å². The summed E-state index contributed by atoms with van der Waals surface area (Å²) in [6.07, 6.45) is 1.54. The fourth-order valence-corrected chi connectivity index (χ4v) is 5.45. The van der Waals surface area contributed by atoms with Gasteiger partial charge in [-0.15, -0.1) is 11.3 Å². The Morgan fingerprint density at radius 3 is 2.32 bits per heavy atom. The van der Waals surface area contributed by atoms with Crippen molar-refractivity contribution in [3.8, 4) is 11.5 Å². The van der Waals surface area contributed by atoms with Crippen LogP contribution in [0.25, 0.3) is 0 Å². The van der Waals surface area contributed by atoms with Crippen LogP contribution < -0.4 is 14.8 Å². The van der Waals surface area contributed by atoms with Crippen LogP contribution in [0.5, 0.6) is 11.5 Å². The number of hydrogen-bond donors (Lipinski definition) is 1. The lowest BCUT2D eigenvalue weighted by Gasteiger charge is -2.36. The largest absolute Gasteiger partial charge is 0.490 e. The summed E-state index contributed by atoms with van der Waals surface area (Å²) in [6, 6.07) is 14.3. The van der Waals surface area contributed by atoms with Crippen LogP contribution in [0, 0.1) is 0 Å². The highest BCUT2D eigenvalue weighted by Crippen LogP contribution is 2.33. The molecule has 1 fully saturated rings. The monoisotopic (exact) mass is 561 g/mol. The lowest BCUT2D eigenvalue weighted by atomic mass is 9.96. The first-order chi connectivity index (χ1) is 17.7. The number of nitrogens with one attached hydrogen (secondary N) is 1. The van der Waals surface area contributed by atoms with E-state index in [4.69, 9.17) is 32.7 Å². The number of para-hydroxylation sites is 2. The summed E-state index contributed by atoms with van der Waals surface area (Å²) in [7, 11) is 0. The molecule has 0 atom stereocenters. The summed E-state index contributed by atoms with van der Waals surface area (Å²) in [5, 5.41) is 6.52. The quantitative estimate of drug-likeness (QED) is 0.333. The molecule has 4 rings (SSSR count). The highest BCUT2D eigenvalue weighted by molar-refractivity contribution is 7.09. The number of thiazole rings is 1. The van der Waals surface area contributed by atoms with E-state index in [1.807, 2.05) is 29.2 Å². The van der Waals surface area contributed by atoms with Crippen molar-refractivity contribution in [2.45, 2.75) is 38.2 Å². The van der Waals surface area contributed by atoms with Crippen LogP contribution >= 0.6 is 34.5 Å². The van der Waals surface area contributed by atoms with Crippen molar-refractivity contribution in [3.63, 3.8) is 0 Å². The van der Waals surface area contributed by atoms with Gasteiger partial charge in [0.15, 0.2) is 5.60 Å². The predicted octanol–water partition coefficient (Wildman–Crippen LogP) is 5.82. The van der Waals surface area contributed by atoms with E-state index >= 15 is 0 Å². The van der Waals surface area contributed by atoms with E-state index in [2.05, 4.69) is 10.3 Å². The number of aromatic nitrogens is 1. The normalized spacial score (nSPS) is 14.3. The topological polar surface area (TPSA) is 80.8 Å². The van der Waals surface area contributed by atoms with Crippen molar-refractivity contribution in [3.05, 3.63) is 74.7 Å². The minimum absolute atomic E-state index is 0.0796. The summed E-state index contributed by atoms with van der Waals surface area (Å²) in [4.78, 5) is 32.1. The maximum Gasteiger partial charge on any atom is 0.270 e. The van der Waals surface area contributed by atoms with Crippen molar-refractivity contribution in [1.29, 1.82) is 0 Å². The third kappa shape index (κ3) is 6.94. The third-order valence-electron chi connectivity index (χ3n) is 6.08.